The van der Waals surface area contributed by atoms with Crippen LogP contribution in [0.2, 0.25) is 0 Å². The first-order chi connectivity index (χ1) is 10.7. The number of hydrogen-bond donors (Lipinski definition) is 0. The molecule has 4 heterocycles. The Morgan fingerprint density at radius 1 is 1.18 bits per heavy atom. The zero-order valence-corrected chi connectivity index (χ0v) is 13.7. The van der Waals surface area contributed by atoms with Crippen molar-refractivity contribution in [3.63, 3.8) is 0 Å². The van der Waals surface area contributed by atoms with Crippen LogP contribution in [0.3, 0.4) is 0 Å². The predicted molar refractivity (Wildman–Crippen MR) is 82.6 cm³/mol. The minimum absolute atomic E-state index is 0.284. The van der Waals surface area contributed by atoms with Gasteiger partial charge in [-0.15, -0.1) is 10.2 Å². The highest BCUT2D eigenvalue weighted by Gasteiger charge is 2.34. The zero-order valence-electron chi connectivity index (χ0n) is 12.9. The first-order valence-electron chi connectivity index (χ1n) is 7.81. The second kappa shape index (κ2) is 5.68. The fourth-order valence-corrected chi connectivity index (χ4v) is 4.13. The molecule has 1 saturated heterocycles. The predicted octanol–water partition coefficient (Wildman–Crippen LogP) is 1.66. The van der Waals surface area contributed by atoms with Gasteiger partial charge in [0.25, 0.3) is 0 Å². The van der Waals surface area contributed by atoms with Crippen LogP contribution in [0.1, 0.15) is 37.5 Å². The largest absolute Gasteiger partial charge is 0.381 e. The summed E-state index contributed by atoms with van der Waals surface area (Å²) in [6, 6.07) is 0.883. The van der Waals surface area contributed by atoms with Crippen LogP contribution in [0.25, 0.3) is 10.8 Å². The number of fused-ring (bicyclic) bond motifs is 1. The minimum Gasteiger partial charge on any atom is -0.381 e. The van der Waals surface area contributed by atoms with Gasteiger partial charge in [0.15, 0.2) is 16.7 Å². The third-order valence-electron chi connectivity index (χ3n) is 4.61. The molecule has 7 nitrogen and oxygen atoms in total. The highest BCUT2D eigenvalue weighted by molar-refractivity contribution is 7.09. The lowest BCUT2D eigenvalue weighted by atomic mass is 10.0. The lowest BCUT2D eigenvalue weighted by molar-refractivity contribution is 0.00908. The minimum atomic E-state index is 0.284. The molecule has 1 fully saturated rings. The van der Waals surface area contributed by atoms with Gasteiger partial charge in [-0.3, -0.25) is 4.90 Å². The van der Waals surface area contributed by atoms with Crippen molar-refractivity contribution >= 4 is 11.5 Å². The summed E-state index contributed by atoms with van der Waals surface area (Å²) < 4.78 is 11.9. The highest BCUT2D eigenvalue weighted by atomic mass is 32.1. The van der Waals surface area contributed by atoms with Gasteiger partial charge < -0.3 is 9.30 Å². The van der Waals surface area contributed by atoms with Gasteiger partial charge in [0.1, 0.15) is 5.82 Å². The maximum atomic E-state index is 5.49. The molecule has 2 aliphatic heterocycles. The van der Waals surface area contributed by atoms with Crippen molar-refractivity contribution in [3.8, 4) is 10.8 Å². The van der Waals surface area contributed by atoms with E-state index in [1.165, 1.54) is 11.5 Å². The standard InChI is InChI=1S/C14H20N6OS/c1-9-12-16-17-13(14-15-10(2)18-22-14)20(12)6-5-19(9)11-3-7-21-8-4-11/h9,11H,3-8H2,1-2H3/t9-/m1/s1. The van der Waals surface area contributed by atoms with E-state index in [0.29, 0.717) is 6.04 Å². The molecule has 0 spiro atoms. The fourth-order valence-electron chi connectivity index (χ4n) is 3.46. The number of rotatable bonds is 2. The molecule has 0 aromatic carbocycles. The average molecular weight is 320 g/mol. The molecular formula is C14H20N6OS. The number of nitrogens with zero attached hydrogens (tertiary/aromatic N) is 6. The smallest absolute Gasteiger partial charge is 0.194 e. The summed E-state index contributed by atoms with van der Waals surface area (Å²) in [5.41, 5.74) is 0. The lowest BCUT2D eigenvalue weighted by Crippen LogP contribution is -2.46. The second-order valence-electron chi connectivity index (χ2n) is 5.94. The van der Waals surface area contributed by atoms with Gasteiger partial charge in [-0.25, -0.2) is 4.98 Å². The Morgan fingerprint density at radius 2 is 2.00 bits per heavy atom. The van der Waals surface area contributed by atoms with Crippen LogP contribution in [0.4, 0.5) is 0 Å². The molecule has 2 aromatic rings. The molecule has 0 unspecified atom stereocenters. The van der Waals surface area contributed by atoms with Crippen molar-refractivity contribution in [2.45, 2.75) is 45.3 Å². The number of hydrogen-bond acceptors (Lipinski definition) is 7. The Kier molecular flexibility index (Phi) is 3.67. The summed E-state index contributed by atoms with van der Waals surface area (Å²) in [5.74, 6) is 2.70. The summed E-state index contributed by atoms with van der Waals surface area (Å²) in [5, 5.41) is 9.69. The molecule has 0 radical (unpaired) electrons. The van der Waals surface area contributed by atoms with Gasteiger partial charge in [0.2, 0.25) is 0 Å². The van der Waals surface area contributed by atoms with E-state index in [4.69, 9.17) is 4.74 Å². The van der Waals surface area contributed by atoms with E-state index in [1.54, 1.807) is 0 Å². The molecule has 2 aromatic heterocycles. The number of aromatic nitrogens is 5. The first-order valence-corrected chi connectivity index (χ1v) is 8.58. The molecule has 4 rings (SSSR count). The lowest BCUT2D eigenvalue weighted by Gasteiger charge is -2.40. The molecule has 0 N–H and O–H groups in total. The third-order valence-corrected chi connectivity index (χ3v) is 5.41. The van der Waals surface area contributed by atoms with Gasteiger partial charge in [-0.05, 0) is 38.2 Å². The van der Waals surface area contributed by atoms with Crippen molar-refractivity contribution in [3.05, 3.63) is 11.6 Å². The van der Waals surface area contributed by atoms with Gasteiger partial charge in [-0.1, -0.05) is 0 Å². The van der Waals surface area contributed by atoms with Crippen molar-refractivity contribution < 1.29 is 4.74 Å². The van der Waals surface area contributed by atoms with E-state index in [-0.39, 0.29) is 6.04 Å². The van der Waals surface area contributed by atoms with Crippen LogP contribution < -0.4 is 0 Å². The Balaban J connectivity index is 1.62. The van der Waals surface area contributed by atoms with Gasteiger partial charge in [-0.2, -0.15) is 4.37 Å². The van der Waals surface area contributed by atoms with Crippen molar-refractivity contribution in [1.82, 2.24) is 29.0 Å². The van der Waals surface area contributed by atoms with E-state index in [2.05, 4.69) is 35.9 Å². The third kappa shape index (κ3) is 2.35. The van der Waals surface area contributed by atoms with E-state index in [1.807, 2.05) is 6.92 Å². The van der Waals surface area contributed by atoms with Crippen LogP contribution in [-0.4, -0.2) is 54.8 Å². The molecule has 22 heavy (non-hydrogen) atoms. The van der Waals surface area contributed by atoms with Crippen molar-refractivity contribution in [2.24, 2.45) is 0 Å². The van der Waals surface area contributed by atoms with Crippen LogP contribution in [0.5, 0.6) is 0 Å². The highest BCUT2D eigenvalue weighted by Crippen LogP contribution is 2.32. The summed E-state index contributed by atoms with van der Waals surface area (Å²) in [6.45, 7) is 7.82. The van der Waals surface area contributed by atoms with Crippen molar-refractivity contribution in [2.75, 3.05) is 19.8 Å². The van der Waals surface area contributed by atoms with E-state index in [0.717, 1.165) is 61.6 Å². The molecule has 0 saturated carbocycles. The maximum absolute atomic E-state index is 5.49. The van der Waals surface area contributed by atoms with Crippen LogP contribution >= 0.6 is 11.5 Å². The molecule has 0 amide bonds. The topological polar surface area (TPSA) is 69.0 Å². The van der Waals surface area contributed by atoms with E-state index in [9.17, 15) is 0 Å². The van der Waals surface area contributed by atoms with Gasteiger partial charge in [0, 0.05) is 32.3 Å². The van der Waals surface area contributed by atoms with Gasteiger partial charge in [0.05, 0.1) is 6.04 Å². The zero-order chi connectivity index (χ0) is 15.1. The van der Waals surface area contributed by atoms with Crippen molar-refractivity contribution in [1.29, 1.82) is 0 Å². The Bertz CT molecular complexity index is 662. The SMILES string of the molecule is Cc1nsc(-c2nnc3n2CCN(C2CCOCC2)[C@@H]3C)n1. The summed E-state index contributed by atoms with van der Waals surface area (Å²) >= 11 is 1.40. The Morgan fingerprint density at radius 3 is 2.73 bits per heavy atom. The molecule has 0 aliphatic carbocycles. The fraction of sp³-hybridized carbons (Fsp3) is 0.714. The van der Waals surface area contributed by atoms with E-state index < -0.39 is 0 Å². The quantitative estimate of drug-likeness (QED) is 0.838. The monoisotopic (exact) mass is 320 g/mol. The molecule has 1 atom stereocenters. The molecule has 8 heteroatoms. The van der Waals surface area contributed by atoms with Crippen LogP contribution in [0, 0.1) is 6.92 Å². The molecular weight excluding hydrogens is 300 g/mol. The number of aryl methyl sites for hydroxylation is 1. The Labute approximate surface area is 133 Å². The van der Waals surface area contributed by atoms with Crippen LogP contribution in [-0.2, 0) is 11.3 Å². The molecule has 118 valence electrons. The molecule has 2 aliphatic rings. The summed E-state index contributed by atoms with van der Waals surface area (Å²) in [6.07, 6.45) is 2.22. The van der Waals surface area contributed by atoms with E-state index >= 15 is 0 Å². The van der Waals surface area contributed by atoms with Gasteiger partial charge >= 0.3 is 0 Å². The maximum Gasteiger partial charge on any atom is 0.194 e. The molecule has 0 bridgehead atoms. The Hall–Kier alpha value is -1.38. The second-order valence-corrected chi connectivity index (χ2v) is 6.69. The summed E-state index contributed by atoms with van der Waals surface area (Å²) in [7, 11) is 0. The average Bonchev–Trinajstić information content (AvgIpc) is 3.15. The first kappa shape index (κ1) is 14.2. The number of ether oxygens (including phenoxy) is 1. The normalized spacial score (nSPS) is 23.6. The summed E-state index contributed by atoms with van der Waals surface area (Å²) in [4.78, 5) is 7.01. The van der Waals surface area contributed by atoms with Crippen LogP contribution in [0.15, 0.2) is 0 Å².